The molecular weight excluding hydrogens is 206 g/mol. The molecule has 0 unspecified atom stereocenters. The summed E-state index contributed by atoms with van der Waals surface area (Å²) >= 11 is 0. The zero-order chi connectivity index (χ0) is 13.2. The van der Waals surface area contributed by atoms with E-state index in [-0.39, 0.29) is 6.42 Å². The number of carboxylic acid groups (broad SMARTS) is 1. The van der Waals surface area contributed by atoms with Crippen LogP contribution in [0.4, 0.5) is 0 Å². The normalized spacial score (nSPS) is 15.2. The van der Waals surface area contributed by atoms with E-state index in [2.05, 4.69) is 4.99 Å². The molecule has 0 fully saturated rings. The number of nitrogens with zero attached hydrogens (tertiary/aromatic N) is 1. The molecule has 0 rings (SSSR count). The molecule has 94 valence electrons. The SMILES string of the molecule is CC.CC(N)=NC/C=C/C[C@@](C)(N)C(=O)O. The first-order chi connectivity index (χ1) is 7.36. The van der Waals surface area contributed by atoms with Gasteiger partial charge in [-0.15, -0.1) is 0 Å². The van der Waals surface area contributed by atoms with E-state index in [0.717, 1.165) is 0 Å². The predicted molar refractivity (Wildman–Crippen MR) is 67.5 cm³/mol. The number of carbonyl (C=O) groups is 1. The Labute approximate surface area is 97.2 Å². The highest BCUT2D eigenvalue weighted by Gasteiger charge is 2.25. The van der Waals surface area contributed by atoms with E-state index < -0.39 is 11.5 Å². The van der Waals surface area contributed by atoms with Gasteiger partial charge in [0.2, 0.25) is 0 Å². The molecule has 0 aromatic heterocycles. The van der Waals surface area contributed by atoms with Gasteiger partial charge in [-0.2, -0.15) is 0 Å². The van der Waals surface area contributed by atoms with Crippen molar-refractivity contribution in [3.8, 4) is 0 Å². The Morgan fingerprint density at radius 2 is 1.94 bits per heavy atom. The molecule has 0 heterocycles. The first kappa shape index (κ1) is 17.0. The highest BCUT2D eigenvalue weighted by Crippen LogP contribution is 2.06. The summed E-state index contributed by atoms with van der Waals surface area (Å²) in [7, 11) is 0. The van der Waals surface area contributed by atoms with E-state index in [4.69, 9.17) is 16.6 Å². The van der Waals surface area contributed by atoms with E-state index in [1.54, 1.807) is 19.1 Å². The first-order valence-electron chi connectivity index (χ1n) is 5.30. The second-order valence-corrected chi connectivity index (χ2v) is 3.38. The third-order valence-corrected chi connectivity index (χ3v) is 1.64. The lowest BCUT2D eigenvalue weighted by molar-refractivity contribution is -0.142. The summed E-state index contributed by atoms with van der Waals surface area (Å²) in [5, 5.41) is 8.68. The Kier molecular flexibility index (Phi) is 9.49. The van der Waals surface area contributed by atoms with Gasteiger partial charge in [0.05, 0.1) is 12.4 Å². The molecular formula is C11H23N3O2. The van der Waals surface area contributed by atoms with Gasteiger partial charge < -0.3 is 16.6 Å². The lowest BCUT2D eigenvalue weighted by Gasteiger charge is -2.15. The molecule has 16 heavy (non-hydrogen) atoms. The Bertz CT molecular complexity index is 254. The van der Waals surface area contributed by atoms with E-state index in [0.29, 0.717) is 12.4 Å². The van der Waals surface area contributed by atoms with Gasteiger partial charge in [-0.25, -0.2) is 0 Å². The van der Waals surface area contributed by atoms with E-state index in [9.17, 15) is 4.79 Å². The molecule has 0 saturated carbocycles. The number of carboxylic acids is 1. The van der Waals surface area contributed by atoms with E-state index >= 15 is 0 Å². The van der Waals surface area contributed by atoms with Gasteiger partial charge >= 0.3 is 5.97 Å². The van der Waals surface area contributed by atoms with Crippen LogP contribution in [-0.4, -0.2) is 29.0 Å². The molecule has 0 amide bonds. The highest BCUT2D eigenvalue weighted by atomic mass is 16.4. The summed E-state index contributed by atoms with van der Waals surface area (Å²) in [5.74, 6) is -0.510. The minimum absolute atomic E-state index is 0.279. The topological polar surface area (TPSA) is 102 Å². The molecule has 0 aliphatic heterocycles. The van der Waals surface area contributed by atoms with Gasteiger partial charge in [-0.05, 0) is 20.3 Å². The fourth-order valence-corrected chi connectivity index (χ4v) is 0.687. The van der Waals surface area contributed by atoms with Crippen molar-refractivity contribution in [3.63, 3.8) is 0 Å². The fraction of sp³-hybridized carbons (Fsp3) is 0.636. The van der Waals surface area contributed by atoms with Crippen molar-refractivity contribution in [3.05, 3.63) is 12.2 Å². The van der Waals surface area contributed by atoms with Gasteiger partial charge in [-0.1, -0.05) is 26.0 Å². The minimum atomic E-state index is -1.21. The molecule has 0 radical (unpaired) electrons. The molecule has 1 atom stereocenters. The van der Waals surface area contributed by atoms with E-state index in [1.807, 2.05) is 13.8 Å². The Hall–Kier alpha value is -1.36. The first-order valence-corrected chi connectivity index (χ1v) is 5.30. The number of hydrogen-bond acceptors (Lipinski definition) is 3. The predicted octanol–water partition coefficient (Wildman–Crippen LogP) is 1.14. The number of rotatable bonds is 5. The van der Waals surface area contributed by atoms with Crippen LogP contribution in [0.15, 0.2) is 17.1 Å². The maximum Gasteiger partial charge on any atom is 0.323 e. The molecule has 0 aromatic rings. The standard InChI is InChI=1S/C9H17N3O2.C2H6/c1-7(10)12-6-4-3-5-9(2,11)8(13)14;1-2/h3-4H,5-6,11H2,1-2H3,(H2,10,12)(H,13,14);1-2H3/b4-3+;/t9-;/m1./s1. The van der Waals surface area contributed by atoms with Crippen molar-refractivity contribution in [1.82, 2.24) is 0 Å². The molecule has 0 spiro atoms. The van der Waals surface area contributed by atoms with Crippen LogP contribution in [0.1, 0.15) is 34.1 Å². The van der Waals surface area contributed by atoms with Crippen molar-refractivity contribution >= 4 is 11.8 Å². The Morgan fingerprint density at radius 3 is 2.31 bits per heavy atom. The van der Waals surface area contributed by atoms with Crippen molar-refractivity contribution in [2.75, 3.05) is 6.54 Å². The smallest absolute Gasteiger partial charge is 0.323 e. The highest BCUT2D eigenvalue weighted by molar-refractivity contribution is 5.78. The summed E-state index contributed by atoms with van der Waals surface area (Å²) < 4.78 is 0. The van der Waals surface area contributed by atoms with Crippen molar-refractivity contribution in [2.24, 2.45) is 16.5 Å². The van der Waals surface area contributed by atoms with Gasteiger partial charge in [-0.3, -0.25) is 9.79 Å². The summed E-state index contributed by atoms with van der Waals surface area (Å²) in [5.41, 5.74) is 9.59. The van der Waals surface area contributed by atoms with Crippen molar-refractivity contribution in [1.29, 1.82) is 0 Å². The number of nitrogens with two attached hydrogens (primary N) is 2. The van der Waals surface area contributed by atoms with Gasteiger partial charge in [0, 0.05) is 0 Å². The maximum absolute atomic E-state index is 10.6. The zero-order valence-corrected chi connectivity index (χ0v) is 10.5. The van der Waals surface area contributed by atoms with Crippen LogP contribution >= 0.6 is 0 Å². The molecule has 0 aliphatic rings. The number of amidine groups is 1. The van der Waals surface area contributed by atoms with Crippen LogP contribution in [-0.2, 0) is 4.79 Å². The van der Waals surface area contributed by atoms with Crippen LogP contribution < -0.4 is 11.5 Å². The van der Waals surface area contributed by atoms with E-state index in [1.165, 1.54) is 6.92 Å². The van der Waals surface area contributed by atoms with Crippen molar-refractivity contribution in [2.45, 2.75) is 39.7 Å². The van der Waals surface area contributed by atoms with Crippen LogP contribution in [0.2, 0.25) is 0 Å². The van der Waals surface area contributed by atoms with Gasteiger partial charge in [0.15, 0.2) is 0 Å². The lowest BCUT2D eigenvalue weighted by Crippen LogP contribution is -2.44. The summed E-state index contributed by atoms with van der Waals surface area (Å²) in [4.78, 5) is 14.5. The molecule has 5 N–H and O–H groups in total. The van der Waals surface area contributed by atoms with Crippen LogP contribution in [0.25, 0.3) is 0 Å². The largest absolute Gasteiger partial charge is 0.480 e. The molecule has 5 heteroatoms. The molecule has 0 aliphatic carbocycles. The Morgan fingerprint density at radius 1 is 1.44 bits per heavy atom. The summed E-state index contributed by atoms with van der Waals surface area (Å²) in [6, 6.07) is 0. The molecule has 0 saturated heterocycles. The summed E-state index contributed by atoms with van der Waals surface area (Å²) in [6.45, 7) is 7.62. The lowest BCUT2D eigenvalue weighted by atomic mass is 10.00. The minimum Gasteiger partial charge on any atom is -0.480 e. The van der Waals surface area contributed by atoms with Gasteiger partial charge in [0.25, 0.3) is 0 Å². The number of hydrogen-bond donors (Lipinski definition) is 3. The summed E-state index contributed by atoms with van der Waals surface area (Å²) in [6.07, 6.45) is 3.71. The van der Waals surface area contributed by atoms with Gasteiger partial charge in [0.1, 0.15) is 5.54 Å². The van der Waals surface area contributed by atoms with Crippen molar-refractivity contribution < 1.29 is 9.90 Å². The molecule has 0 aromatic carbocycles. The number of aliphatic imine (C=N–C) groups is 1. The monoisotopic (exact) mass is 229 g/mol. The third-order valence-electron chi connectivity index (χ3n) is 1.64. The average molecular weight is 229 g/mol. The maximum atomic E-state index is 10.6. The Balaban J connectivity index is 0. The second kappa shape index (κ2) is 8.91. The third kappa shape index (κ3) is 9.21. The number of aliphatic carboxylic acids is 1. The van der Waals surface area contributed by atoms with Crippen LogP contribution in [0, 0.1) is 0 Å². The van der Waals surface area contributed by atoms with Crippen LogP contribution in [0.3, 0.4) is 0 Å². The zero-order valence-electron chi connectivity index (χ0n) is 10.5. The molecule has 5 nitrogen and oxygen atoms in total. The quantitative estimate of drug-likeness (QED) is 0.373. The second-order valence-electron chi connectivity index (χ2n) is 3.38. The average Bonchev–Trinajstić information content (AvgIpc) is 2.19. The molecule has 0 bridgehead atoms. The fourth-order valence-electron chi connectivity index (χ4n) is 0.687. The van der Waals surface area contributed by atoms with Crippen LogP contribution in [0.5, 0.6) is 0 Å².